The third-order valence-corrected chi connectivity index (χ3v) is 5.87. The first kappa shape index (κ1) is 22.1. The van der Waals surface area contributed by atoms with Crippen molar-refractivity contribution in [3.63, 3.8) is 0 Å². The fourth-order valence-electron chi connectivity index (χ4n) is 4.21. The van der Waals surface area contributed by atoms with E-state index in [2.05, 4.69) is 77.1 Å². The summed E-state index contributed by atoms with van der Waals surface area (Å²) < 4.78 is 0. The summed E-state index contributed by atoms with van der Waals surface area (Å²) in [5.74, 6) is -1.29. The van der Waals surface area contributed by atoms with Crippen LogP contribution in [-0.2, 0) is 11.2 Å². The number of carboxylic acids is 1. The maximum absolute atomic E-state index is 12.4. The van der Waals surface area contributed by atoms with Gasteiger partial charge < -0.3 is 5.11 Å². The summed E-state index contributed by atoms with van der Waals surface area (Å²) in [7, 11) is 0. The van der Waals surface area contributed by atoms with Gasteiger partial charge in [-0.15, -0.1) is 0 Å². The highest BCUT2D eigenvalue weighted by atomic mass is 16.4. The lowest BCUT2D eigenvalue weighted by Crippen LogP contribution is -2.20. The van der Waals surface area contributed by atoms with E-state index in [1.807, 2.05) is 12.1 Å². The second kappa shape index (κ2) is 9.04. The van der Waals surface area contributed by atoms with Gasteiger partial charge >= 0.3 is 5.97 Å². The minimum Gasteiger partial charge on any atom is -0.481 e. The van der Waals surface area contributed by atoms with E-state index < -0.39 is 11.9 Å². The van der Waals surface area contributed by atoms with Gasteiger partial charge in [-0.05, 0) is 82.3 Å². The summed E-state index contributed by atoms with van der Waals surface area (Å²) in [6, 6.07) is 19.1. The third kappa shape index (κ3) is 5.11. The lowest BCUT2D eigenvalue weighted by Gasteiger charge is -2.26. The first-order chi connectivity index (χ1) is 14.2. The molecule has 1 atom stereocenters. The molecular formula is C28H34O2. The molecule has 3 aromatic carbocycles. The van der Waals surface area contributed by atoms with Crippen molar-refractivity contribution in [2.75, 3.05) is 0 Å². The van der Waals surface area contributed by atoms with Gasteiger partial charge in [0.2, 0.25) is 0 Å². The van der Waals surface area contributed by atoms with E-state index in [0.29, 0.717) is 6.42 Å². The van der Waals surface area contributed by atoms with Crippen LogP contribution in [0.4, 0.5) is 0 Å². The fraction of sp³-hybridized carbons (Fsp3) is 0.393. The molecule has 0 aliphatic rings. The summed E-state index contributed by atoms with van der Waals surface area (Å²) in [5, 5.41) is 12.4. The van der Waals surface area contributed by atoms with E-state index in [-0.39, 0.29) is 5.41 Å². The number of benzene rings is 3. The van der Waals surface area contributed by atoms with Crippen LogP contribution >= 0.6 is 0 Å². The van der Waals surface area contributed by atoms with Gasteiger partial charge in [0.05, 0.1) is 5.92 Å². The van der Waals surface area contributed by atoms with Crippen molar-refractivity contribution < 1.29 is 9.90 Å². The molecule has 0 aromatic heterocycles. The molecule has 2 nitrogen and oxygen atoms in total. The lowest BCUT2D eigenvalue weighted by atomic mass is 9.78. The quantitative estimate of drug-likeness (QED) is 0.438. The largest absolute Gasteiger partial charge is 0.481 e. The number of aliphatic carboxylic acids is 1. The van der Waals surface area contributed by atoms with Crippen molar-refractivity contribution in [2.24, 2.45) is 5.41 Å². The summed E-state index contributed by atoms with van der Waals surface area (Å²) >= 11 is 0. The number of carboxylic acid groups (broad SMARTS) is 1. The van der Waals surface area contributed by atoms with E-state index in [4.69, 9.17) is 0 Å². The van der Waals surface area contributed by atoms with Crippen molar-refractivity contribution in [1.82, 2.24) is 0 Å². The van der Waals surface area contributed by atoms with Crippen molar-refractivity contribution in [3.8, 4) is 11.1 Å². The molecular weight excluding hydrogens is 368 g/mol. The van der Waals surface area contributed by atoms with Crippen molar-refractivity contribution in [2.45, 2.75) is 66.2 Å². The fourth-order valence-corrected chi connectivity index (χ4v) is 4.21. The Hall–Kier alpha value is -2.61. The van der Waals surface area contributed by atoms with Gasteiger partial charge in [-0.2, -0.15) is 0 Å². The van der Waals surface area contributed by atoms with Crippen LogP contribution in [0.15, 0.2) is 54.6 Å². The zero-order chi connectivity index (χ0) is 21.9. The van der Waals surface area contributed by atoms with E-state index >= 15 is 0 Å². The molecule has 0 amide bonds. The Bertz CT molecular complexity index is 1040. The van der Waals surface area contributed by atoms with Gasteiger partial charge in [-0.1, -0.05) is 76.6 Å². The minimum atomic E-state index is -0.750. The summed E-state index contributed by atoms with van der Waals surface area (Å²) in [4.78, 5) is 12.4. The average Bonchev–Trinajstić information content (AvgIpc) is 2.69. The third-order valence-electron chi connectivity index (χ3n) is 5.87. The SMILES string of the molecule is CCCCc1cc(-c2cc3ccccc3cc2C(CC(C)(C)C)C(=O)O)ccc1C. The number of hydrogen-bond donors (Lipinski definition) is 1. The Labute approximate surface area is 181 Å². The van der Waals surface area contributed by atoms with Gasteiger partial charge in [0, 0.05) is 0 Å². The van der Waals surface area contributed by atoms with E-state index in [1.165, 1.54) is 11.1 Å². The molecule has 30 heavy (non-hydrogen) atoms. The average molecular weight is 403 g/mol. The normalized spacial score (nSPS) is 12.8. The summed E-state index contributed by atoms with van der Waals surface area (Å²) in [6.45, 7) is 10.7. The molecule has 1 N–H and O–H groups in total. The number of carbonyl (C=O) groups is 1. The van der Waals surface area contributed by atoms with Gasteiger partial charge in [0.25, 0.3) is 0 Å². The molecule has 0 bridgehead atoms. The smallest absolute Gasteiger partial charge is 0.311 e. The van der Waals surface area contributed by atoms with Crippen LogP contribution in [0.3, 0.4) is 0 Å². The monoisotopic (exact) mass is 402 g/mol. The van der Waals surface area contributed by atoms with E-state index in [9.17, 15) is 9.90 Å². The molecule has 1 unspecified atom stereocenters. The van der Waals surface area contributed by atoms with E-state index in [1.54, 1.807) is 0 Å². The van der Waals surface area contributed by atoms with Crippen LogP contribution in [0.25, 0.3) is 21.9 Å². The first-order valence-corrected chi connectivity index (χ1v) is 11.0. The van der Waals surface area contributed by atoms with Crippen molar-refractivity contribution >= 4 is 16.7 Å². The predicted molar refractivity (Wildman–Crippen MR) is 127 cm³/mol. The highest BCUT2D eigenvalue weighted by Crippen LogP contribution is 2.39. The number of aryl methyl sites for hydroxylation is 2. The summed E-state index contributed by atoms with van der Waals surface area (Å²) in [6.07, 6.45) is 3.99. The van der Waals surface area contributed by atoms with E-state index in [0.717, 1.165) is 46.7 Å². The van der Waals surface area contributed by atoms with Crippen LogP contribution in [0.1, 0.15) is 69.6 Å². The standard InChI is InChI=1S/C28H34O2/c1-6-7-10-20-15-23(14-13-19(20)2)24-16-21-11-8-9-12-22(21)17-25(24)26(27(29)30)18-28(3,4)5/h8-9,11-17,26H,6-7,10,18H2,1-5H3,(H,29,30). The predicted octanol–water partition coefficient (Wildman–Crippen LogP) is 7.76. The topological polar surface area (TPSA) is 37.3 Å². The van der Waals surface area contributed by atoms with Gasteiger partial charge in [-0.3, -0.25) is 4.79 Å². The molecule has 0 fully saturated rings. The van der Waals surface area contributed by atoms with Gasteiger partial charge in [-0.25, -0.2) is 0 Å². The highest BCUT2D eigenvalue weighted by molar-refractivity contribution is 5.92. The zero-order valence-corrected chi connectivity index (χ0v) is 19.0. The molecule has 0 saturated carbocycles. The second-order valence-corrected chi connectivity index (χ2v) is 9.69. The molecule has 0 spiro atoms. The minimum absolute atomic E-state index is 0.0778. The number of rotatable bonds is 7. The molecule has 3 rings (SSSR count). The van der Waals surface area contributed by atoms with Gasteiger partial charge in [0.15, 0.2) is 0 Å². The Morgan fingerprint density at radius 3 is 2.27 bits per heavy atom. The van der Waals surface area contributed by atoms with Crippen molar-refractivity contribution in [3.05, 3.63) is 71.3 Å². The highest BCUT2D eigenvalue weighted by Gasteiger charge is 2.29. The molecule has 158 valence electrons. The molecule has 0 radical (unpaired) electrons. The molecule has 0 saturated heterocycles. The first-order valence-electron chi connectivity index (χ1n) is 11.0. The second-order valence-electron chi connectivity index (χ2n) is 9.69. The number of hydrogen-bond acceptors (Lipinski definition) is 1. The summed E-state index contributed by atoms with van der Waals surface area (Å²) in [5.41, 5.74) is 5.67. The van der Waals surface area contributed by atoms with Gasteiger partial charge in [0.1, 0.15) is 0 Å². The Morgan fingerprint density at radius 2 is 1.67 bits per heavy atom. The van der Waals surface area contributed by atoms with Crippen LogP contribution in [-0.4, -0.2) is 11.1 Å². The lowest BCUT2D eigenvalue weighted by molar-refractivity contribution is -0.139. The van der Waals surface area contributed by atoms with Crippen LogP contribution in [0, 0.1) is 12.3 Å². The Morgan fingerprint density at radius 1 is 1.00 bits per heavy atom. The maximum Gasteiger partial charge on any atom is 0.311 e. The number of unbranched alkanes of at least 4 members (excludes halogenated alkanes) is 1. The molecule has 0 aliphatic carbocycles. The van der Waals surface area contributed by atoms with Crippen LogP contribution in [0.5, 0.6) is 0 Å². The van der Waals surface area contributed by atoms with Crippen LogP contribution < -0.4 is 0 Å². The Balaban J connectivity index is 2.22. The molecule has 3 aromatic rings. The molecule has 0 heterocycles. The van der Waals surface area contributed by atoms with Crippen LogP contribution in [0.2, 0.25) is 0 Å². The molecule has 2 heteroatoms. The Kier molecular flexibility index (Phi) is 6.65. The number of fused-ring (bicyclic) bond motifs is 1. The van der Waals surface area contributed by atoms with Crippen molar-refractivity contribution in [1.29, 1.82) is 0 Å². The zero-order valence-electron chi connectivity index (χ0n) is 19.0. The molecule has 0 aliphatic heterocycles. The maximum atomic E-state index is 12.4.